The van der Waals surface area contributed by atoms with Crippen LogP contribution in [-0.2, 0) is 16.6 Å². The van der Waals surface area contributed by atoms with E-state index in [1.54, 1.807) is 0 Å². The van der Waals surface area contributed by atoms with Crippen LogP contribution in [0.2, 0.25) is 0 Å². The van der Waals surface area contributed by atoms with Crippen LogP contribution in [-0.4, -0.2) is 24.0 Å². The summed E-state index contributed by atoms with van der Waals surface area (Å²) in [6.07, 6.45) is 1.92. The zero-order chi connectivity index (χ0) is 19.6. The molecule has 0 bridgehead atoms. The molecule has 8 heteroatoms. The van der Waals surface area contributed by atoms with Gasteiger partial charge in [-0.15, -0.1) is 0 Å². The van der Waals surface area contributed by atoms with Gasteiger partial charge in [0.1, 0.15) is 0 Å². The lowest BCUT2D eigenvalue weighted by Gasteiger charge is -2.23. The van der Waals surface area contributed by atoms with Crippen LogP contribution < -0.4 is 4.72 Å². The first-order valence-electron chi connectivity index (χ1n) is 8.59. The van der Waals surface area contributed by atoms with Crippen molar-refractivity contribution in [2.45, 2.75) is 31.3 Å². The van der Waals surface area contributed by atoms with E-state index in [0.29, 0.717) is 6.54 Å². The molecule has 1 unspecified atom stereocenters. The molecule has 2 aromatic carbocycles. The maximum atomic E-state index is 12.8. The van der Waals surface area contributed by atoms with Crippen molar-refractivity contribution >= 4 is 26.6 Å². The molecule has 0 saturated carbocycles. The Morgan fingerprint density at radius 1 is 1.07 bits per heavy atom. The molecule has 0 radical (unpaired) electrons. The van der Waals surface area contributed by atoms with Crippen molar-refractivity contribution < 1.29 is 13.3 Å². The minimum absolute atomic E-state index is 0.0105. The molecule has 1 atom stereocenters. The average Bonchev–Trinajstić information content (AvgIpc) is 3.04. The Balaban J connectivity index is 1.92. The lowest BCUT2D eigenvalue weighted by Crippen LogP contribution is -2.41. The van der Waals surface area contributed by atoms with Gasteiger partial charge in [0.15, 0.2) is 4.90 Å². The Morgan fingerprint density at radius 2 is 1.74 bits per heavy atom. The number of aromatic nitrogens is 1. The summed E-state index contributed by atoms with van der Waals surface area (Å²) < 4.78 is 30.3. The van der Waals surface area contributed by atoms with E-state index in [2.05, 4.69) is 4.72 Å². The quantitative estimate of drug-likeness (QED) is 0.495. The van der Waals surface area contributed by atoms with Crippen LogP contribution in [0.25, 0.3) is 10.9 Å². The highest BCUT2D eigenvalue weighted by Gasteiger charge is 2.29. The third kappa shape index (κ3) is 4.01. The molecule has 27 heavy (non-hydrogen) atoms. The molecule has 3 aromatic rings. The minimum atomic E-state index is -4.04. The van der Waals surface area contributed by atoms with Gasteiger partial charge in [0.2, 0.25) is 10.0 Å². The fourth-order valence-electron chi connectivity index (χ4n) is 2.99. The first kappa shape index (κ1) is 19.1. The second kappa shape index (κ2) is 7.50. The third-order valence-electron chi connectivity index (χ3n) is 4.54. The van der Waals surface area contributed by atoms with Crippen LogP contribution in [0, 0.1) is 16.0 Å². The number of nitrogens with one attached hydrogen (secondary N) is 1. The molecule has 0 aliphatic heterocycles. The highest BCUT2D eigenvalue weighted by molar-refractivity contribution is 7.89. The van der Waals surface area contributed by atoms with E-state index < -0.39 is 26.7 Å². The zero-order valence-electron chi connectivity index (χ0n) is 15.1. The van der Waals surface area contributed by atoms with E-state index in [4.69, 9.17) is 0 Å². The SMILES string of the molecule is CC(C)C(Cn1ccc2ccccc21)NS(=O)(=O)c1ccccc1[N+](=O)[O-]. The summed E-state index contributed by atoms with van der Waals surface area (Å²) in [5.41, 5.74) is 0.576. The van der Waals surface area contributed by atoms with Crippen molar-refractivity contribution in [3.05, 3.63) is 70.9 Å². The molecule has 0 spiro atoms. The fraction of sp³-hybridized carbons (Fsp3) is 0.263. The van der Waals surface area contributed by atoms with E-state index >= 15 is 0 Å². The van der Waals surface area contributed by atoms with Crippen LogP contribution in [0.1, 0.15) is 13.8 Å². The predicted molar refractivity (Wildman–Crippen MR) is 104 cm³/mol. The third-order valence-corrected chi connectivity index (χ3v) is 6.07. The molecule has 0 amide bonds. The number of rotatable bonds is 7. The van der Waals surface area contributed by atoms with Gasteiger partial charge < -0.3 is 4.57 Å². The number of nitro benzene ring substituents is 1. The van der Waals surface area contributed by atoms with E-state index in [1.807, 2.05) is 54.9 Å². The second-order valence-electron chi connectivity index (χ2n) is 6.72. The number of nitrogens with zero attached hydrogens (tertiary/aromatic N) is 2. The standard InChI is InChI=1S/C19H21N3O4S/c1-14(2)16(13-21-12-11-15-7-3-4-8-17(15)21)20-27(25,26)19-10-6-5-9-18(19)22(23)24/h3-12,14,16,20H,13H2,1-2H3. The molecular formula is C19H21N3O4S. The van der Waals surface area contributed by atoms with Gasteiger partial charge >= 0.3 is 0 Å². The van der Waals surface area contributed by atoms with Gasteiger partial charge in [-0.2, -0.15) is 0 Å². The summed E-state index contributed by atoms with van der Waals surface area (Å²) in [5.74, 6) is -0.0105. The highest BCUT2D eigenvalue weighted by atomic mass is 32.2. The fourth-order valence-corrected chi connectivity index (χ4v) is 4.54. The Kier molecular flexibility index (Phi) is 5.29. The predicted octanol–water partition coefficient (Wildman–Crippen LogP) is 3.55. The summed E-state index contributed by atoms with van der Waals surface area (Å²) in [5, 5.41) is 12.3. The number of sulfonamides is 1. The van der Waals surface area contributed by atoms with Gasteiger partial charge in [-0.25, -0.2) is 13.1 Å². The molecule has 0 saturated heterocycles. The topological polar surface area (TPSA) is 94.2 Å². The van der Waals surface area contributed by atoms with Gasteiger partial charge in [-0.05, 0) is 29.5 Å². The Hall–Kier alpha value is -2.71. The number of hydrogen-bond acceptors (Lipinski definition) is 4. The summed E-state index contributed by atoms with van der Waals surface area (Å²) in [4.78, 5) is 10.2. The van der Waals surface area contributed by atoms with Crippen LogP contribution in [0.3, 0.4) is 0 Å². The van der Waals surface area contributed by atoms with Crippen molar-refractivity contribution in [2.24, 2.45) is 5.92 Å². The van der Waals surface area contributed by atoms with Crippen molar-refractivity contribution in [1.29, 1.82) is 0 Å². The molecule has 1 N–H and O–H groups in total. The van der Waals surface area contributed by atoms with Gasteiger partial charge in [0, 0.05) is 30.4 Å². The molecule has 7 nitrogen and oxygen atoms in total. The maximum absolute atomic E-state index is 12.8. The van der Waals surface area contributed by atoms with Crippen LogP contribution in [0.5, 0.6) is 0 Å². The molecule has 0 aliphatic carbocycles. The van der Waals surface area contributed by atoms with Crippen molar-refractivity contribution in [3.8, 4) is 0 Å². The Labute approximate surface area is 157 Å². The summed E-state index contributed by atoms with van der Waals surface area (Å²) in [6.45, 7) is 4.25. The van der Waals surface area contributed by atoms with Gasteiger partial charge in [-0.3, -0.25) is 10.1 Å². The molecule has 0 aliphatic rings. The monoisotopic (exact) mass is 387 g/mol. The van der Waals surface area contributed by atoms with Crippen molar-refractivity contribution in [1.82, 2.24) is 9.29 Å². The number of nitro groups is 1. The minimum Gasteiger partial charge on any atom is -0.346 e. The molecule has 1 heterocycles. The van der Waals surface area contributed by atoms with Gasteiger partial charge in [0.05, 0.1) is 4.92 Å². The number of hydrogen-bond donors (Lipinski definition) is 1. The summed E-state index contributed by atoms with van der Waals surface area (Å²) in [7, 11) is -4.04. The van der Waals surface area contributed by atoms with E-state index in [0.717, 1.165) is 10.9 Å². The van der Waals surface area contributed by atoms with E-state index in [9.17, 15) is 18.5 Å². The van der Waals surface area contributed by atoms with Crippen LogP contribution >= 0.6 is 0 Å². The lowest BCUT2D eigenvalue weighted by atomic mass is 10.1. The number of para-hydroxylation sites is 2. The Morgan fingerprint density at radius 3 is 2.44 bits per heavy atom. The second-order valence-corrected chi connectivity index (χ2v) is 8.41. The van der Waals surface area contributed by atoms with Crippen molar-refractivity contribution in [2.75, 3.05) is 0 Å². The largest absolute Gasteiger partial charge is 0.346 e. The molecule has 0 fully saturated rings. The number of benzene rings is 2. The Bertz CT molecular complexity index is 1070. The molecular weight excluding hydrogens is 366 g/mol. The smallest absolute Gasteiger partial charge is 0.289 e. The first-order valence-corrected chi connectivity index (χ1v) is 10.1. The molecule has 142 valence electrons. The average molecular weight is 387 g/mol. The number of fused-ring (bicyclic) bond motifs is 1. The van der Waals surface area contributed by atoms with E-state index in [-0.39, 0.29) is 10.8 Å². The van der Waals surface area contributed by atoms with Crippen LogP contribution in [0.15, 0.2) is 65.7 Å². The molecule has 3 rings (SSSR count). The normalized spacial score (nSPS) is 13.1. The zero-order valence-corrected chi connectivity index (χ0v) is 15.9. The molecule has 1 aromatic heterocycles. The highest BCUT2D eigenvalue weighted by Crippen LogP contribution is 2.24. The summed E-state index contributed by atoms with van der Waals surface area (Å²) in [6, 6.07) is 14.8. The summed E-state index contributed by atoms with van der Waals surface area (Å²) >= 11 is 0. The van der Waals surface area contributed by atoms with Crippen molar-refractivity contribution in [3.63, 3.8) is 0 Å². The van der Waals surface area contributed by atoms with Crippen LogP contribution in [0.4, 0.5) is 5.69 Å². The van der Waals surface area contributed by atoms with Gasteiger partial charge in [0.25, 0.3) is 5.69 Å². The van der Waals surface area contributed by atoms with E-state index in [1.165, 1.54) is 24.3 Å². The first-order chi connectivity index (χ1) is 12.8. The lowest BCUT2D eigenvalue weighted by molar-refractivity contribution is -0.387. The maximum Gasteiger partial charge on any atom is 0.289 e. The van der Waals surface area contributed by atoms with Gasteiger partial charge in [-0.1, -0.05) is 44.2 Å².